The fraction of sp³-hybridized carbons (Fsp3) is 0.333. The standard InChI is InChI=1S/C24H28N2O4/c1-5-6-7-20-21(23(27)29-4)22(26-24(28)25-20)17-9-12-18(13-10-17)30-19-11-8-15(2)16(3)14-19/h8-14,22H,5-7H2,1-4H3,(H2,25,26,28). The number of carbonyl (C=O) groups excluding carboxylic acids is 2. The number of benzene rings is 2. The van der Waals surface area contributed by atoms with Gasteiger partial charge in [-0.3, -0.25) is 0 Å². The highest BCUT2D eigenvalue weighted by Crippen LogP contribution is 2.31. The number of carbonyl (C=O) groups is 2. The molecule has 1 heterocycles. The van der Waals surface area contributed by atoms with E-state index in [9.17, 15) is 9.59 Å². The van der Waals surface area contributed by atoms with Gasteiger partial charge in [-0.25, -0.2) is 9.59 Å². The van der Waals surface area contributed by atoms with Crippen molar-refractivity contribution in [3.63, 3.8) is 0 Å². The van der Waals surface area contributed by atoms with E-state index in [2.05, 4.69) is 24.5 Å². The van der Waals surface area contributed by atoms with E-state index in [1.807, 2.05) is 49.4 Å². The number of nitrogens with one attached hydrogen (secondary N) is 2. The molecule has 3 rings (SSSR count). The van der Waals surface area contributed by atoms with Gasteiger partial charge in [0.15, 0.2) is 0 Å². The van der Waals surface area contributed by atoms with Gasteiger partial charge in [0.05, 0.1) is 18.7 Å². The van der Waals surface area contributed by atoms with Crippen LogP contribution < -0.4 is 15.4 Å². The van der Waals surface area contributed by atoms with E-state index in [0.29, 0.717) is 23.4 Å². The van der Waals surface area contributed by atoms with Crippen LogP contribution in [0, 0.1) is 13.8 Å². The fourth-order valence-electron chi connectivity index (χ4n) is 3.41. The second-order valence-electron chi connectivity index (χ2n) is 7.44. The molecule has 1 aliphatic heterocycles. The lowest BCUT2D eigenvalue weighted by molar-refractivity contribution is -0.136. The largest absolute Gasteiger partial charge is 0.466 e. The highest BCUT2D eigenvalue weighted by molar-refractivity contribution is 5.95. The van der Waals surface area contributed by atoms with E-state index in [-0.39, 0.29) is 6.03 Å². The Morgan fingerprint density at radius 1 is 1.03 bits per heavy atom. The summed E-state index contributed by atoms with van der Waals surface area (Å²) in [4.78, 5) is 24.7. The van der Waals surface area contributed by atoms with Crippen LogP contribution in [0.1, 0.15) is 48.9 Å². The van der Waals surface area contributed by atoms with Crippen molar-refractivity contribution in [2.45, 2.75) is 46.1 Å². The Labute approximate surface area is 177 Å². The van der Waals surface area contributed by atoms with Crippen LogP contribution in [0.2, 0.25) is 0 Å². The van der Waals surface area contributed by atoms with Gasteiger partial charge in [-0.05, 0) is 67.6 Å². The predicted molar refractivity (Wildman–Crippen MR) is 115 cm³/mol. The summed E-state index contributed by atoms with van der Waals surface area (Å²) in [6, 6.07) is 12.4. The Kier molecular flexibility index (Phi) is 6.77. The summed E-state index contributed by atoms with van der Waals surface area (Å²) >= 11 is 0. The fourth-order valence-corrected chi connectivity index (χ4v) is 3.41. The van der Waals surface area contributed by atoms with Crippen LogP contribution in [-0.2, 0) is 9.53 Å². The van der Waals surface area contributed by atoms with Crippen LogP contribution in [0.5, 0.6) is 11.5 Å². The molecule has 6 nitrogen and oxygen atoms in total. The molecule has 0 saturated heterocycles. The number of rotatable bonds is 7. The molecule has 0 saturated carbocycles. The summed E-state index contributed by atoms with van der Waals surface area (Å²) in [5.41, 5.74) is 4.21. The third kappa shape index (κ3) is 4.82. The normalized spacial score (nSPS) is 16.0. The second-order valence-corrected chi connectivity index (χ2v) is 7.44. The second kappa shape index (κ2) is 9.48. The third-order valence-corrected chi connectivity index (χ3v) is 5.27. The minimum Gasteiger partial charge on any atom is -0.466 e. The highest BCUT2D eigenvalue weighted by atomic mass is 16.5. The number of aryl methyl sites for hydroxylation is 2. The zero-order chi connectivity index (χ0) is 21.7. The van der Waals surface area contributed by atoms with Crippen molar-refractivity contribution in [1.82, 2.24) is 10.6 Å². The monoisotopic (exact) mass is 408 g/mol. The SMILES string of the molecule is CCCCC1=C(C(=O)OC)C(c2ccc(Oc3ccc(C)c(C)c3)cc2)NC(=O)N1. The van der Waals surface area contributed by atoms with Crippen molar-refractivity contribution in [3.05, 3.63) is 70.4 Å². The smallest absolute Gasteiger partial charge is 0.337 e. The Bertz CT molecular complexity index is 964. The van der Waals surface area contributed by atoms with E-state index in [1.165, 1.54) is 12.7 Å². The maximum atomic E-state index is 12.5. The molecule has 0 spiro atoms. The molecular weight excluding hydrogens is 380 g/mol. The first-order valence-corrected chi connectivity index (χ1v) is 10.2. The molecule has 0 radical (unpaired) electrons. The summed E-state index contributed by atoms with van der Waals surface area (Å²) in [6.07, 6.45) is 2.43. The summed E-state index contributed by atoms with van der Waals surface area (Å²) in [7, 11) is 1.35. The van der Waals surface area contributed by atoms with Gasteiger partial charge in [0.1, 0.15) is 11.5 Å². The van der Waals surface area contributed by atoms with Crippen molar-refractivity contribution < 1.29 is 19.1 Å². The van der Waals surface area contributed by atoms with Gasteiger partial charge in [-0.15, -0.1) is 0 Å². The third-order valence-electron chi connectivity index (χ3n) is 5.27. The van der Waals surface area contributed by atoms with Gasteiger partial charge < -0.3 is 20.1 Å². The Morgan fingerprint density at radius 3 is 2.37 bits per heavy atom. The van der Waals surface area contributed by atoms with Crippen LogP contribution in [0.25, 0.3) is 0 Å². The Morgan fingerprint density at radius 2 is 1.73 bits per heavy atom. The van der Waals surface area contributed by atoms with E-state index in [1.54, 1.807) is 0 Å². The van der Waals surface area contributed by atoms with Crippen LogP contribution in [-0.4, -0.2) is 19.1 Å². The molecule has 0 bridgehead atoms. The quantitative estimate of drug-likeness (QED) is 0.627. The molecule has 0 fully saturated rings. The zero-order valence-electron chi connectivity index (χ0n) is 17.9. The average molecular weight is 408 g/mol. The molecule has 30 heavy (non-hydrogen) atoms. The number of methoxy groups -OCH3 is 1. The summed E-state index contributed by atoms with van der Waals surface area (Å²) in [5.74, 6) is 0.990. The first-order valence-electron chi connectivity index (χ1n) is 10.2. The van der Waals surface area contributed by atoms with Crippen molar-refractivity contribution in [2.24, 2.45) is 0 Å². The van der Waals surface area contributed by atoms with E-state index >= 15 is 0 Å². The van der Waals surface area contributed by atoms with Gasteiger partial charge in [0.25, 0.3) is 0 Å². The van der Waals surface area contributed by atoms with Crippen molar-refractivity contribution >= 4 is 12.0 Å². The lowest BCUT2D eigenvalue weighted by atomic mass is 9.93. The molecule has 1 unspecified atom stereocenters. The lowest BCUT2D eigenvalue weighted by Gasteiger charge is -2.29. The maximum absolute atomic E-state index is 12.5. The molecule has 0 aliphatic carbocycles. The molecule has 2 aromatic rings. The first kappa shape index (κ1) is 21.4. The molecule has 6 heteroatoms. The molecule has 2 N–H and O–H groups in total. The number of ether oxygens (including phenoxy) is 2. The van der Waals surface area contributed by atoms with Gasteiger partial charge in [-0.1, -0.05) is 31.5 Å². The summed E-state index contributed by atoms with van der Waals surface area (Å²) in [5, 5.41) is 5.61. The Hall–Kier alpha value is -3.28. The maximum Gasteiger partial charge on any atom is 0.337 e. The minimum absolute atomic E-state index is 0.325. The molecule has 2 amide bonds. The van der Waals surface area contributed by atoms with Crippen LogP contribution in [0.3, 0.4) is 0 Å². The van der Waals surface area contributed by atoms with Crippen molar-refractivity contribution in [1.29, 1.82) is 0 Å². The molecule has 0 aromatic heterocycles. The molecular formula is C24H28N2O4. The predicted octanol–water partition coefficient (Wildman–Crippen LogP) is 5.07. The number of hydrogen-bond donors (Lipinski definition) is 2. The van der Waals surface area contributed by atoms with Crippen molar-refractivity contribution in [2.75, 3.05) is 7.11 Å². The number of hydrogen-bond acceptors (Lipinski definition) is 4. The number of esters is 1. The number of amides is 2. The van der Waals surface area contributed by atoms with Gasteiger partial charge >= 0.3 is 12.0 Å². The number of unbranched alkanes of at least 4 members (excludes halogenated alkanes) is 1. The number of urea groups is 1. The molecule has 2 aromatic carbocycles. The lowest BCUT2D eigenvalue weighted by Crippen LogP contribution is -2.45. The zero-order valence-corrected chi connectivity index (χ0v) is 17.9. The van der Waals surface area contributed by atoms with Crippen LogP contribution >= 0.6 is 0 Å². The van der Waals surface area contributed by atoms with Crippen LogP contribution in [0.15, 0.2) is 53.7 Å². The van der Waals surface area contributed by atoms with E-state index < -0.39 is 12.0 Å². The first-order chi connectivity index (χ1) is 14.4. The Balaban J connectivity index is 1.87. The molecule has 1 aliphatic rings. The summed E-state index contributed by atoms with van der Waals surface area (Å²) < 4.78 is 10.9. The van der Waals surface area contributed by atoms with E-state index in [0.717, 1.165) is 29.7 Å². The highest BCUT2D eigenvalue weighted by Gasteiger charge is 2.33. The molecule has 1 atom stereocenters. The topological polar surface area (TPSA) is 76.7 Å². The minimum atomic E-state index is -0.575. The molecule has 158 valence electrons. The number of allylic oxidation sites excluding steroid dienone is 1. The van der Waals surface area contributed by atoms with Gasteiger partial charge in [-0.2, -0.15) is 0 Å². The van der Waals surface area contributed by atoms with Crippen molar-refractivity contribution in [3.8, 4) is 11.5 Å². The van der Waals surface area contributed by atoms with E-state index in [4.69, 9.17) is 9.47 Å². The summed E-state index contributed by atoms with van der Waals surface area (Å²) in [6.45, 7) is 6.16. The van der Waals surface area contributed by atoms with Gasteiger partial charge in [0.2, 0.25) is 0 Å². The average Bonchev–Trinajstić information content (AvgIpc) is 2.74. The van der Waals surface area contributed by atoms with Gasteiger partial charge in [0, 0.05) is 5.70 Å². The van der Waals surface area contributed by atoms with Crippen LogP contribution in [0.4, 0.5) is 4.79 Å².